The summed E-state index contributed by atoms with van der Waals surface area (Å²) >= 11 is 3.73. The molecule has 114 valence electrons. The van der Waals surface area contributed by atoms with Crippen LogP contribution in [0.4, 0.5) is 0 Å². The molecule has 1 aliphatic rings. The maximum absolute atomic E-state index is 4.60. The largest absolute Gasteiger partial charge is 0.297 e. The highest BCUT2D eigenvalue weighted by atomic mass is 79.9. The third-order valence-corrected chi connectivity index (χ3v) is 6.21. The molecular weight excluding hydrogens is 314 g/mol. The molecule has 0 aromatic carbocycles. The van der Waals surface area contributed by atoms with Crippen molar-refractivity contribution in [3.8, 4) is 0 Å². The fraction of sp³-hybridized carbons (Fsp3) is 0.812. The molecule has 0 bridgehead atoms. The molecule has 3 nitrogen and oxygen atoms in total. The lowest BCUT2D eigenvalue weighted by atomic mass is 9.74. The van der Waals surface area contributed by atoms with Crippen molar-refractivity contribution in [3.63, 3.8) is 0 Å². The Morgan fingerprint density at radius 3 is 2.20 bits per heavy atom. The van der Waals surface area contributed by atoms with Crippen LogP contribution >= 0.6 is 15.9 Å². The van der Waals surface area contributed by atoms with Gasteiger partial charge in [-0.3, -0.25) is 9.58 Å². The zero-order valence-corrected chi connectivity index (χ0v) is 15.0. The summed E-state index contributed by atoms with van der Waals surface area (Å²) in [4.78, 5) is 2.59. The summed E-state index contributed by atoms with van der Waals surface area (Å²) in [5, 5.41) is 4.60. The first-order chi connectivity index (χ1) is 9.55. The minimum Gasteiger partial charge on any atom is -0.297 e. The van der Waals surface area contributed by atoms with Crippen LogP contribution in [0.15, 0.2) is 4.47 Å². The van der Waals surface area contributed by atoms with Gasteiger partial charge in [-0.25, -0.2) is 0 Å². The summed E-state index contributed by atoms with van der Waals surface area (Å²) in [6.07, 6.45) is 6.33. The Balaban J connectivity index is 2.01. The van der Waals surface area contributed by atoms with Crippen LogP contribution in [0.1, 0.15) is 57.8 Å². The second-order valence-electron chi connectivity index (χ2n) is 6.17. The monoisotopic (exact) mass is 341 g/mol. The van der Waals surface area contributed by atoms with Crippen molar-refractivity contribution in [1.29, 1.82) is 0 Å². The molecule has 0 unspecified atom stereocenters. The van der Waals surface area contributed by atoms with Gasteiger partial charge in [0, 0.05) is 13.6 Å². The normalized spacial score (nSPS) is 19.4. The summed E-state index contributed by atoms with van der Waals surface area (Å²) in [6.45, 7) is 10.3. The molecular formula is C16H28BrN3. The van der Waals surface area contributed by atoms with Gasteiger partial charge in [0.15, 0.2) is 0 Å². The first-order valence-corrected chi connectivity index (χ1v) is 8.77. The molecule has 0 N–H and O–H groups in total. The molecule has 0 atom stereocenters. The van der Waals surface area contributed by atoms with Crippen LogP contribution in [-0.2, 0) is 20.0 Å². The van der Waals surface area contributed by atoms with E-state index in [1.165, 1.54) is 54.6 Å². The summed E-state index contributed by atoms with van der Waals surface area (Å²) < 4.78 is 3.26. The maximum Gasteiger partial charge on any atom is 0.0767 e. The average Bonchev–Trinajstić information content (AvgIpc) is 2.75. The Labute approximate surface area is 131 Å². The molecule has 1 fully saturated rings. The number of likely N-dealkylation sites (tertiary alicyclic amines) is 1. The maximum atomic E-state index is 4.60. The fourth-order valence-electron chi connectivity index (χ4n) is 3.35. The lowest BCUT2D eigenvalue weighted by molar-refractivity contribution is 0.0891. The van der Waals surface area contributed by atoms with Crippen molar-refractivity contribution in [2.45, 2.75) is 59.4 Å². The molecule has 1 aromatic rings. The number of aromatic nitrogens is 2. The highest BCUT2D eigenvalue weighted by molar-refractivity contribution is 9.10. The van der Waals surface area contributed by atoms with Gasteiger partial charge in [-0.05, 0) is 53.7 Å². The lowest BCUT2D eigenvalue weighted by Crippen LogP contribution is -2.39. The van der Waals surface area contributed by atoms with Crippen LogP contribution in [0.25, 0.3) is 0 Å². The second kappa shape index (κ2) is 6.61. The molecule has 0 radical (unpaired) electrons. The third kappa shape index (κ3) is 3.11. The summed E-state index contributed by atoms with van der Waals surface area (Å²) in [7, 11) is 2.06. The van der Waals surface area contributed by atoms with E-state index in [2.05, 4.69) is 53.7 Å². The van der Waals surface area contributed by atoms with Crippen molar-refractivity contribution in [2.24, 2.45) is 12.5 Å². The van der Waals surface area contributed by atoms with E-state index in [9.17, 15) is 0 Å². The number of hydrogen-bond donors (Lipinski definition) is 0. The van der Waals surface area contributed by atoms with Gasteiger partial charge in [0.1, 0.15) is 0 Å². The van der Waals surface area contributed by atoms with Crippen LogP contribution in [-0.4, -0.2) is 27.8 Å². The Hall–Kier alpha value is -0.350. The highest BCUT2D eigenvalue weighted by Crippen LogP contribution is 2.38. The van der Waals surface area contributed by atoms with E-state index in [4.69, 9.17) is 0 Å². The van der Waals surface area contributed by atoms with Gasteiger partial charge in [0.2, 0.25) is 0 Å². The fourth-order valence-corrected chi connectivity index (χ4v) is 4.09. The smallest absolute Gasteiger partial charge is 0.0767 e. The van der Waals surface area contributed by atoms with Crippen LogP contribution in [0.2, 0.25) is 0 Å². The SMILES string of the molecule is CCc1nn(C)c(CN2CCC(CC)(CC)CC2)c1Br. The molecule has 1 aromatic heterocycles. The first kappa shape index (κ1) is 16.0. The van der Waals surface area contributed by atoms with Crippen molar-refractivity contribution in [3.05, 3.63) is 15.9 Å². The molecule has 1 aliphatic heterocycles. The summed E-state index contributed by atoms with van der Waals surface area (Å²) in [5.74, 6) is 0. The summed E-state index contributed by atoms with van der Waals surface area (Å²) in [5.41, 5.74) is 3.10. The number of piperidine rings is 1. The van der Waals surface area contributed by atoms with E-state index in [-0.39, 0.29) is 0 Å². The van der Waals surface area contributed by atoms with E-state index < -0.39 is 0 Å². The number of halogens is 1. The van der Waals surface area contributed by atoms with Gasteiger partial charge < -0.3 is 0 Å². The number of rotatable bonds is 5. The van der Waals surface area contributed by atoms with Crippen molar-refractivity contribution in [2.75, 3.05) is 13.1 Å². The number of nitrogens with zero attached hydrogens (tertiary/aromatic N) is 3. The van der Waals surface area contributed by atoms with Gasteiger partial charge in [0.05, 0.1) is 15.9 Å². The van der Waals surface area contributed by atoms with Crippen molar-refractivity contribution in [1.82, 2.24) is 14.7 Å². The zero-order chi connectivity index (χ0) is 14.8. The number of hydrogen-bond acceptors (Lipinski definition) is 2. The van der Waals surface area contributed by atoms with Gasteiger partial charge in [-0.1, -0.05) is 33.6 Å². The second-order valence-corrected chi connectivity index (χ2v) is 6.96. The van der Waals surface area contributed by atoms with Crippen LogP contribution < -0.4 is 0 Å². The van der Waals surface area contributed by atoms with E-state index in [0.29, 0.717) is 5.41 Å². The molecule has 0 spiro atoms. The first-order valence-electron chi connectivity index (χ1n) is 7.97. The molecule has 2 rings (SSSR count). The quantitative estimate of drug-likeness (QED) is 0.802. The minimum atomic E-state index is 0.606. The lowest BCUT2D eigenvalue weighted by Gasteiger charge is -2.41. The van der Waals surface area contributed by atoms with E-state index in [1.807, 2.05) is 4.68 Å². The average molecular weight is 342 g/mol. The molecule has 1 saturated heterocycles. The Morgan fingerprint density at radius 1 is 1.15 bits per heavy atom. The predicted octanol–water partition coefficient (Wildman–Crippen LogP) is 4.15. The molecule has 0 aliphatic carbocycles. The minimum absolute atomic E-state index is 0.606. The molecule has 0 saturated carbocycles. The Morgan fingerprint density at radius 2 is 1.75 bits per heavy atom. The zero-order valence-electron chi connectivity index (χ0n) is 13.4. The van der Waals surface area contributed by atoms with Crippen molar-refractivity contribution >= 4 is 15.9 Å². The highest BCUT2D eigenvalue weighted by Gasteiger charge is 2.31. The topological polar surface area (TPSA) is 21.1 Å². The molecule has 4 heteroatoms. The summed E-state index contributed by atoms with van der Waals surface area (Å²) in [6, 6.07) is 0. The Kier molecular flexibility index (Phi) is 5.30. The standard InChI is InChI=1S/C16H28BrN3/c1-5-13-15(17)14(19(4)18-13)12-20-10-8-16(6-2,7-3)9-11-20/h5-12H2,1-4H3. The van der Waals surface area contributed by atoms with E-state index >= 15 is 0 Å². The van der Waals surface area contributed by atoms with Gasteiger partial charge >= 0.3 is 0 Å². The molecule has 2 heterocycles. The van der Waals surface area contributed by atoms with Crippen molar-refractivity contribution < 1.29 is 0 Å². The predicted molar refractivity (Wildman–Crippen MR) is 87.8 cm³/mol. The molecule has 0 amide bonds. The molecule has 20 heavy (non-hydrogen) atoms. The van der Waals surface area contributed by atoms with Gasteiger partial charge in [-0.15, -0.1) is 0 Å². The van der Waals surface area contributed by atoms with E-state index in [1.54, 1.807) is 0 Å². The third-order valence-electron chi connectivity index (χ3n) is 5.29. The van der Waals surface area contributed by atoms with E-state index in [0.717, 1.165) is 13.0 Å². The van der Waals surface area contributed by atoms with Gasteiger partial charge in [-0.2, -0.15) is 5.10 Å². The number of aryl methyl sites for hydroxylation is 2. The van der Waals surface area contributed by atoms with Crippen LogP contribution in [0.3, 0.4) is 0 Å². The Bertz CT molecular complexity index is 439. The van der Waals surface area contributed by atoms with Gasteiger partial charge in [0.25, 0.3) is 0 Å². The van der Waals surface area contributed by atoms with Crippen LogP contribution in [0, 0.1) is 5.41 Å². The van der Waals surface area contributed by atoms with Crippen LogP contribution in [0.5, 0.6) is 0 Å².